The lowest BCUT2D eigenvalue weighted by Crippen LogP contribution is -2.45. The number of thiophene rings is 1. The number of alkyl halides is 3. The maximum absolute atomic E-state index is 13.1. The number of piperazine rings is 1. The number of para-hydroxylation sites is 1. The van der Waals surface area contributed by atoms with E-state index in [9.17, 15) is 23.1 Å². The van der Waals surface area contributed by atoms with Gasteiger partial charge in [0.05, 0.1) is 27.2 Å². The van der Waals surface area contributed by atoms with Crippen molar-refractivity contribution in [3.05, 3.63) is 95.2 Å². The highest BCUT2D eigenvalue weighted by Crippen LogP contribution is 2.49. The van der Waals surface area contributed by atoms with Crippen LogP contribution in [0.25, 0.3) is 32.0 Å². The predicted molar refractivity (Wildman–Crippen MR) is 205 cm³/mol. The van der Waals surface area contributed by atoms with Crippen molar-refractivity contribution < 1.29 is 41.7 Å². The van der Waals surface area contributed by atoms with Crippen LogP contribution in [0.5, 0.6) is 17.4 Å². The molecule has 6 aromatic rings. The molecule has 0 bridgehead atoms. The van der Waals surface area contributed by atoms with Crippen molar-refractivity contribution in [1.82, 2.24) is 29.5 Å². The number of halogens is 4. The molecule has 1 aliphatic heterocycles. The van der Waals surface area contributed by atoms with Gasteiger partial charge in [0, 0.05) is 50.9 Å². The Morgan fingerprint density at radius 2 is 1.84 bits per heavy atom. The molecule has 0 unspecified atom stereocenters. The number of hydrogen-bond donors (Lipinski definition) is 1. The molecule has 7 rings (SSSR count). The molecule has 1 N–H and O–H groups in total. The summed E-state index contributed by atoms with van der Waals surface area (Å²) in [6.07, 6.45) is -1.94. The zero-order chi connectivity index (χ0) is 39.4. The number of hydrogen-bond acceptors (Lipinski definition) is 11. The van der Waals surface area contributed by atoms with E-state index in [1.54, 1.807) is 36.6 Å². The maximum Gasteiger partial charge on any atom is 0.408 e. The first-order chi connectivity index (χ1) is 26.9. The number of carboxylic acids is 1. The van der Waals surface area contributed by atoms with E-state index in [4.69, 9.17) is 30.2 Å². The minimum absolute atomic E-state index is 0.0314. The summed E-state index contributed by atoms with van der Waals surface area (Å²) in [5.74, 6) is 0.154. The number of likely N-dealkylation sites (N-methyl/N-ethyl adjacent to an activating group) is 1. The fourth-order valence-electron chi connectivity index (χ4n) is 6.51. The summed E-state index contributed by atoms with van der Waals surface area (Å²) in [5, 5.41) is 15.1. The number of carboxylic acid groups (broad SMARTS) is 1. The molecule has 2 aromatic carbocycles. The summed E-state index contributed by atoms with van der Waals surface area (Å²) in [7, 11) is 2.12. The number of aromatic nitrogens is 4. The van der Waals surface area contributed by atoms with Gasteiger partial charge >= 0.3 is 12.1 Å². The highest BCUT2D eigenvalue weighted by molar-refractivity contribution is 7.22. The van der Waals surface area contributed by atoms with Crippen LogP contribution in [0.2, 0.25) is 5.02 Å². The Kier molecular flexibility index (Phi) is 11.8. The Morgan fingerprint density at radius 3 is 2.59 bits per heavy atom. The number of aliphatic carboxylic acids is 1. The first-order valence-electron chi connectivity index (χ1n) is 17.8. The zero-order valence-electron chi connectivity index (χ0n) is 30.5. The lowest BCUT2D eigenvalue weighted by Gasteiger charge is -2.32. The van der Waals surface area contributed by atoms with E-state index in [0.29, 0.717) is 49.4 Å². The Bertz CT molecular complexity index is 2290. The molecule has 56 heavy (non-hydrogen) atoms. The van der Waals surface area contributed by atoms with Crippen LogP contribution in [-0.4, -0.2) is 99.3 Å². The largest absolute Gasteiger partial charge is 0.491 e. The number of benzene rings is 2. The third kappa shape index (κ3) is 8.94. The third-order valence-electron chi connectivity index (χ3n) is 9.50. The summed E-state index contributed by atoms with van der Waals surface area (Å²) >= 11 is 8.32. The molecular formula is C39H38ClF3N6O6S. The first kappa shape index (κ1) is 39.1. The number of carbonyl (C=O) groups is 1. The van der Waals surface area contributed by atoms with Crippen molar-refractivity contribution in [2.45, 2.75) is 38.8 Å². The molecule has 1 aliphatic rings. The quantitative estimate of drug-likeness (QED) is 0.110. The Morgan fingerprint density at radius 1 is 1.04 bits per heavy atom. The zero-order valence-corrected chi connectivity index (χ0v) is 32.0. The maximum atomic E-state index is 13.1. The van der Waals surface area contributed by atoms with Crippen molar-refractivity contribution in [2.75, 3.05) is 46.4 Å². The van der Waals surface area contributed by atoms with Crippen LogP contribution in [0.4, 0.5) is 13.2 Å². The van der Waals surface area contributed by atoms with Gasteiger partial charge in [0.1, 0.15) is 48.2 Å². The lowest BCUT2D eigenvalue weighted by atomic mass is 9.97. The Hall–Kier alpha value is -5.16. The van der Waals surface area contributed by atoms with E-state index in [2.05, 4.69) is 31.9 Å². The Labute approximate surface area is 329 Å². The minimum Gasteiger partial charge on any atom is -0.491 e. The van der Waals surface area contributed by atoms with E-state index in [1.807, 2.05) is 25.1 Å². The molecule has 294 valence electrons. The number of fused-ring (bicyclic) bond motifs is 1. The highest BCUT2D eigenvalue weighted by atomic mass is 35.5. The normalized spacial score (nSPS) is 14.6. The van der Waals surface area contributed by atoms with Gasteiger partial charge in [-0.2, -0.15) is 18.3 Å². The first-order valence-corrected chi connectivity index (χ1v) is 19.0. The van der Waals surface area contributed by atoms with Crippen LogP contribution in [0.3, 0.4) is 0 Å². The van der Waals surface area contributed by atoms with Gasteiger partial charge in [-0.3, -0.25) is 9.58 Å². The van der Waals surface area contributed by atoms with Crippen LogP contribution in [0, 0.1) is 6.92 Å². The number of nitrogens with zero attached hydrogens (tertiary/aromatic N) is 6. The summed E-state index contributed by atoms with van der Waals surface area (Å²) in [6, 6.07) is 15.4. The average Bonchev–Trinajstić information content (AvgIpc) is 3.94. The molecule has 5 heterocycles. The number of rotatable bonds is 15. The second kappa shape index (κ2) is 16.9. The van der Waals surface area contributed by atoms with Gasteiger partial charge in [-0.05, 0) is 61.0 Å². The summed E-state index contributed by atoms with van der Waals surface area (Å²) < 4.78 is 64.2. The summed E-state index contributed by atoms with van der Waals surface area (Å²) in [4.78, 5) is 27.6. The van der Waals surface area contributed by atoms with Gasteiger partial charge in [-0.25, -0.2) is 14.8 Å². The van der Waals surface area contributed by atoms with Gasteiger partial charge < -0.3 is 28.6 Å². The van der Waals surface area contributed by atoms with Crippen LogP contribution in [-0.2, 0) is 24.4 Å². The molecule has 0 radical (unpaired) electrons. The molecule has 1 saturated heterocycles. The van der Waals surface area contributed by atoms with E-state index < -0.39 is 24.8 Å². The minimum atomic E-state index is -4.47. The van der Waals surface area contributed by atoms with Crippen LogP contribution >= 0.6 is 22.9 Å². The van der Waals surface area contributed by atoms with Crippen molar-refractivity contribution in [3.63, 3.8) is 0 Å². The fourth-order valence-corrected chi connectivity index (χ4v) is 7.84. The molecular weight excluding hydrogens is 773 g/mol. The molecule has 4 aromatic heterocycles. The Balaban J connectivity index is 1.17. The number of furan rings is 1. The standard InChI is InChI=1S/C39H38ClF3N6O6S/c1-24-27(9-10-29(34(24)40)53-19-17-48-15-13-47(2)14-16-48)32-33-36(44-23-45-37(33)56-35(32)30-8-5-18-52-30)55-31(38(50)51)20-25-6-3-4-7-28(25)54-21-26-11-12-46-49(26)22-39(41,42)43/h3-12,18,23,31H,13-17,19-22H2,1-2H3,(H,50,51)/t31-/m1/s1. The lowest BCUT2D eigenvalue weighted by molar-refractivity contribution is -0.145. The monoisotopic (exact) mass is 810 g/mol. The topological polar surface area (TPSA) is 128 Å². The van der Waals surface area contributed by atoms with Crippen LogP contribution in [0.1, 0.15) is 16.8 Å². The summed E-state index contributed by atoms with van der Waals surface area (Å²) in [5.41, 5.74) is 2.77. The molecule has 12 nitrogen and oxygen atoms in total. The predicted octanol–water partition coefficient (Wildman–Crippen LogP) is 7.62. The van der Waals surface area contributed by atoms with Crippen molar-refractivity contribution in [3.8, 4) is 39.1 Å². The van der Waals surface area contributed by atoms with E-state index in [1.165, 1.54) is 29.9 Å². The molecule has 0 spiro atoms. The van der Waals surface area contributed by atoms with Gasteiger partial charge in [0.15, 0.2) is 0 Å². The van der Waals surface area contributed by atoms with Gasteiger partial charge in [0.25, 0.3) is 0 Å². The third-order valence-corrected chi connectivity index (χ3v) is 11.1. The second-order valence-corrected chi connectivity index (χ2v) is 14.7. The fraction of sp³-hybridized carbons (Fsp3) is 0.333. The van der Waals surface area contributed by atoms with Crippen molar-refractivity contribution in [2.24, 2.45) is 0 Å². The van der Waals surface area contributed by atoms with Crippen LogP contribution in [0.15, 0.2) is 77.8 Å². The van der Waals surface area contributed by atoms with Crippen molar-refractivity contribution >= 4 is 39.1 Å². The number of ether oxygens (including phenoxy) is 3. The van der Waals surface area contributed by atoms with Gasteiger partial charge in [-0.15, -0.1) is 11.3 Å². The second-order valence-electron chi connectivity index (χ2n) is 13.3. The van der Waals surface area contributed by atoms with Crippen molar-refractivity contribution in [1.29, 1.82) is 0 Å². The smallest absolute Gasteiger partial charge is 0.408 e. The SMILES string of the molecule is Cc1c(-c2c(-c3ccco3)sc3ncnc(O[C@H](Cc4ccccc4OCc4ccnn4CC(F)(F)F)C(=O)O)c23)ccc(OCCN2CCN(C)CC2)c1Cl. The van der Waals surface area contributed by atoms with E-state index in [0.717, 1.165) is 48.5 Å². The van der Waals surface area contributed by atoms with E-state index in [-0.39, 0.29) is 30.4 Å². The molecule has 0 saturated carbocycles. The molecule has 0 aliphatic carbocycles. The highest BCUT2D eigenvalue weighted by Gasteiger charge is 2.31. The average molecular weight is 811 g/mol. The summed E-state index contributed by atoms with van der Waals surface area (Å²) in [6.45, 7) is 5.61. The van der Waals surface area contributed by atoms with Gasteiger partial charge in [0.2, 0.25) is 12.0 Å². The molecule has 17 heteroatoms. The van der Waals surface area contributed by atoms with Gasteiger partial charge in [-0.1, -0.05) is 35.9 Å². The molecule has 0 amide bonds. The molecule has 1 fully saturated rings. The van der Waals surface area contributed by atoms with E-state index >= 15 is 0 Å². The molecule has 1 atom stereocenters. The van der Waals surface area contributed by atoms with Crippen LogP contribution < -0.4 is 14.2 Å².